The second kappa shape index (κ2) is 8.72. The van der Waals surface area contributed by atoms with Crippen molar-refractivity contribution in [3.8, 4) is 5.75 Å². The zero-order chi connectivity index (χ0) is 21.1. The van der Waals surface area contributed by atoms with Crippen LogP contribution >= 0.6 is 23.1 Å². The number of fused-ring (bicyclic) bond motifs is 1. The van der Waals surface area contributed by atoms with Gasteiger partial charge in [0.15, 0.2) is 11.0 Å². The Balaban J connectivity index is 1.60. The van der Waals surface area contributed by atoms with Crippen molar-refractivity contribution in [3.05, 3.63) is 63.4 Å². The zero-order valence-electron chi connectivity index (χ0n) is 16.3. The molecule has 4 rings (SSSR count). The molecule has 0 aliphatic carbocycles. The molecule has 0 saturated heterocycles. The molecule has 2 N–H and O–H groups in total. The average Bonchev–Trinajstić information content (AvgIpc) is 3.37. The number of ether oxygens (including phenoxy) is 1. The number of H-pyrrole nitrogens is 1. The molecule has 4 aromatic rings. The zero-order valence-corrected chi connectivity index (χ0v) is 18.0. The van der Waals surface area contributed by atoms with Gasteiger partial charge in [-0.15, -0.1) is 11.3 Å². The third kappa shape index (κ3) is 4.39. The number of hydrogen-bond acceptors (Lipinski definition) is 7. The maximum Gasteiger partial charge on any atom is 0.272 e. The van der Waals surface area contributed by atoms with Gasteiger partial charge in [-0.25, -0.2) is 4.98 Å². The van der Waals surface area contributed by atoms with Crippen molar-refractivity contribution in [1.29, 1.82) is 0 Å². The number of carbonyl (C=O) groups is 1. The van der Waals surface area contributed by atoms with Crippen LogP contribution in [0.25, 0.3) is 10.2 Å². The van der Waals surface area contributed by atoms with Crippen LogP contribution in [0.2, 0.25) is 0 Å². The minimum Gasteiger partial charge on any atom is -0.497 e. The van der Waals surface area contributed by atoms with Crippen LogP contribution in [-0.4, -0.2) is 38.5 Å². The van der Waals surface area contributed by atoms with Crippen molar-refractivity contribution < 1.29 is 9.53 Å². The molecule has 0 saturated carbocycles. The maximum absolute atomic E-state index is 13.1. The highest BCUT2D eigenvalue weighted by molar-refractivity contribution is 7.99. The van der Waals surface area contributed by atoms with E-state index in [1.165, 1.54) is 23.1 Å². The molecule has 3 aromatic heterocycles. The lowest BCUT2D eigenvalue weighted by Crippen LogP contribution is -2.24. The number of amides is 1. The number of methoxy groups -OCH3 is 1. The van der Waals surface area contributed by atoms with E-state index in [-0.39, 0.29) is 17.2 Å². The summed E-state index contributed by atoms with van der Waals surface area (Å²) in [5, 5.41) is 11.8. The monoisotopic (exact) mass is 441 g/mol. The number of thioether (sulfide) groups is 1. The molecule has 10 heteroatoms. The topological polar surface area (TPSA) is 102 Å². The Hall–Kier alpha value is -3.11. The van der Waals surface area contributed by atoms with Gasteiger partial charge in [-0.3, -0.25) is 19.3 Å². The fourth-order valence-corrected chi connectivity index (χ4v) is 4.49. The number of anilines is 1. The molecule has 0 bridgehead atoms. The van der Waals surface area contributed by atoms with Crippen LogP contribution in [0.15, 0.2) is 51.7 Å². The molecule has 1 aromatic carbocycles. The van der Waals surface area contributed by atoms with E-state index in [0.717, 1.165) is 11.3 Å². The largest absolute Gasteiger partial charge is 0.497 e. The summed E-state index contributed by atoms with van der Waals surface area (Å²) in [6.07, 6.45) is 0. The highest BCUT2D eigenvalue weighted by atomic mass is 32.2. The van der Waals surface area contributed by atoms with Gasteiger partial charge in [-0.05, 0) is 36.1 Å². The molecule has 8 nitrogen and oxygen atoms in total. The number of aromatic amines is 1. The predicted molar refractivity (Wildman–Crippen MR) is 119 cm³/mol. The Morgan fingerprint density at radius 2 is 2.20 bits per heavy atom. The molecule has 0 fully saturated rings. The molecule has 0 spiro atoms. The van der Waals surface area contributed by atoms with Crippen molar-refractivity contribution >= 4 is 45.0 Å². The first-order chi connectivity index (χ1) is 14.5. The van der Waals surface area contributed by atoms with E-state index >= 15 is 0 Å². The van der Waals surface area contributed by atoms with E-state index in [1.54, 1.807) is 17.7 Å². The molecule has 0 atom stereocenters. The Morgan fingerprint density at radius 1 is 1.33 bits per heavy atom. The summed E-state index contributed by atoms with van der Waals surface area (Å²) in [4.78, 5) is 30.0. The van der Waals surface area contributed by atoms with Crippen molar-refractivity contribution in [2.24, 2.45) is 0 Å². The van der Waals surface area contributed by atoms with Crippen LogP contribution in [0.3, 0.4) is 0 Å². The number of nitrogens with one attached hydrogen (secondary N) is 2. The fraction of sp³-hybridized carbons (Fsp3) is 0.200. The lowest BCUT2D eigenvalue weighted by atomic mass is 10.2. The van der Waals surface area contributed by atoms with Gasteiger partial charge in [-0.2, -0.15) is 5.10 Å². The second-order valence-electron chi connectivity index (χ2n) is 6.55. The summed E-state index contributed by atoms with van der Waals surface area (Å²) in [5.41, 5.74) is 2.28. The molecule has 3 heterocycles. The smallest absolute Gasteiger partial charge is 0.272 e. The molecule has 30 heavy (non-hydrogen) atoms. The van der Waals surface area contributed by atoms with Gasteiger partial charge in [0.2, 0.25) is 5.91 Å². The molecule has 1 amide bonds. The highest BCUT2D eigenvalue weighted by Gasteiger charge is 2.15. The lowest BCUT2D eigenvalue weighted by molar-refractivity contribution is -0.113. The Morgan fingerprint density at radius 3 is 2.97 bits per heavy atom. The van der Waals surface area contributed by atoms with Gasteiger partial charge >= 0.3 is 0 Å². The number of rotatable bonds is 7. The summed E-state index contributed by atoms with van der Waals surface area (Å²) in [7, 11) is 1.60. The quantitative estimate of drug-likeness (QED) is 0.337. The fourth-order valence-electron chi connectivity index (χ4n) is 2.92. The third-order valence-corrected chi connectivity index (χ3v) is 6.18. The molecule has 0 unspecified atom stereocenters. The normalized spacial score (nSPS) is 11.0. The molecular weight excluding hydrogens is 422 g/mol. The minimum atomic E-state index is -0.223. The Kier molecular flexibility index (Phi) is 5.86. The third-order valence-electron chi connectivity index (χ3n) is 4.31. The molecule has 0 radical (unpaired) electrons. The summed E-state index contributed by atoms with van der Waals surface area (Å²) >= 11 is 2.58. The predicted octanol–water partition coefficient (Wildman–Crippen LogP) is 3.28. The molecule has 0 aliphatic rings. The number of thiophene rings is 1. The molecule has 0 aliphatic heterocycles. The van der Waals surface area contributed by atoms with E-state index in [9.17, 15) is 9.59 Å². The summed E-state index contributed by atoms with van der Waals surface area (Å²) in [6, 6.07) is 11.1. The van der Waals surface area contributed by atoms with E-state index in [1.807, 2.05) is 42.6 Å². The van der Waals surface area contributed by atoms with Gasteiger partial charge in [0.25, 0.3) is 5.56 Å². The van der Waals surface area contributed by atoms with Gasteiger partial charge in [0, 0.05) is 11.8 Å². The Bertz CT molecular complexity index is 1260. The minimum absolute atomic E-state index is 0.103. The van der Waals surface area contributed by atoms with Crippen LogP contribution < -0.4 is 15.6 Å². The number of benzene rings is 1. The Labute approximate surface area is 180 Å². The highest BCUT2D eigenvalue weighted by Crippen LogP contribution is 2.23. The number of carbonyl (C=O) groups excluding carboxylic acids is 1. The van der Waals surface area contributed by atoms with Crippen LogP contribution in [0.1, 0.15) is 11.3 Å². The number of aryl methyl sites for hydroxylation is 1. The van der Waals surface area contributed by atoms with E-state index in [4.69, 9.17) is 4.74 Å². The number of aromatic nitrogens is 4. The first-order valence-corrected chi connectivity index (χ1v) is 11.0. The van der Waals surface area contributed by atoms with Gasteiger partial charge < -0.3 is 10.1 Å². The van der Waals surface area contributed by atoms with Crippen LogP contribution in [0.5, 0.6) is 5.75 Å². The maximum atomic E-state index is 13.1. The van der Waals surface area contributed by atoms with E-state index in [0.29, 0.717) is 33.5 Å². The summed E-state index contributed by atoms with van der Waals surface area (Å²) in [6.45, 7) is 2.19. The van der Waals surface area contributed by atoms with Crippen molar-refractivity contribution in [2.45, 2.75) is 18.6 Å². The molecular formula is C20H19N5O3S2. The van der Waals surface area contributed by atoms with Crippen molar-refractivity contribution in [1.82, 2.24) is 19.7 Å². The summed E-state index contributed by atoms with van der Waals surface area (Å²) in [5.74, 6) is 1.06. The first-order valence-electron chi connectivity index (χ1n) is 9.09. The van der Waals surface area contributed by atoms with Crippen LogP contribution in [0.4, 0.5) is 5.82 Å². The number of nitrogens with zero attached hydrogens (tertiary/aromatic N) is 3. The van der Waals surface area contributed by atoms with E-state index in [2.05, 4.69) is 20.5 Å². The van der Waals surface area contributed by atoms with Gasteiger partial charge in [0.1, 0.15) is 10.4 Å². The lowest BCUT2D eigenvalue weighted by Gasteiger charge is -2.12. The molecule has 154 valence electrons. The first kappa shape index (κ1) is 20.2. The van der Waals surface area contributed by atoms with Crippen LogP contribution in [-0.2, 0) is 11.3 Å². The second-order valence-corrected chi connectivity index (χ2v) is 8.40. The van der Waals surface area contributed by atoms with Gasteiger partial charge in [0.05, 0.1) is 24.9 Å². The summed E-state index contributed by atoms with van der Waals surface area (Å²) < 4.78 is 7.48. The van der Waals surface area contributed by atoms with Gasteiger partial charge in [-0.1, -0.05) is 23.9 Å². The standard InChI is InChI=1S/C20H19N5O3S2/c1-12-8-16(24-23-12)22-17(26)11-30-20-21-15-6-7-29-18(15)19(27)25(20)10-13-4-3-5-14(9-13)28-2/h3-9H,10-11H2,1-2H3,(H2,22,23,24,26). The average molecular weight is 442 g/mol. The van der Waals surface area contributed by atoms with E-state index < -0.39 is 0 Å². The van der Waals surface area contributed by atoms with Crippen molar-refractivity contribution in [3.63, 3.8) is 0 Å². The van der Waals surface area contributed by atoms with Crippen LogP contribution in [0, 0.1) is 6.92 Å². The number of hydrogen-bond donors (Lipinski definition) is 2. The SMILES string of the molecule is COc1cccc(Cn2c(SCC(=O)Nc3cc(C)[nH]n3)nc3ccsc3c2=O)c1. The van der Waals surface area contributed by atoms with Crippen molar-refractivity contribution in [2.75, 3.05) is 18.2 Å².